The second-order valence-corrected chi connectivity index (χ2v) is 13.6. The fraction of sp³-hybridized carbons (Fsp3) is 0.306. The van der Waals surface area contributed by atoms with Crippen LogP contribution in [0.3, 0.4) is 0 Å². The molecule has 0 saturated carbocycles. The van der Waals surface area contributed by atoms with Gasteiger partial charge in [0.25, 0.3) is 0 Å². The number of amides is 2. The number of hydrogen-bond donors (Lipinski definition) is 1. The van der Waals surface area contributed by atoms with Crippen molar-refractivity contribution in [1.82, 2.24) is 5.32 Å². The number of rotatable bonds is 10. The summed E-state index contributed by atoms with van der Waals surface area (Å²) in [6.45, 7) is 4.69. The van der Waals surface area contributed by atoms with Crippen molar-refractivity contribution >= 4 is 46.6 Å². The fourth-order valence-corrected chi connectivity index (χ4v) is 6.65. The van der Waals surface area contributed by atoms with E-state index >= 15 is 0 Å². The molecule has 1 N–H and O–H groups in total. The average Bonchev–Trinajstić information content (AvgIpc) is 3.66. The molecular formula is C36H34ClF3N2O5S. The zero-order valence-corrected chi connectivity index (χ0v) is 28.0. The van der Waals surface area contributed by atoms with E-state index in [9.17, 15) is 27.6 Å². The minimum absolute atomic E-state index is 0.00142. The number of alkyl halides is 3. The molecule has 0 aliphatic heterocycles. The summed E-state index contributed by atoms with van der Waals surface area (Å²) in [5, 5.41) is 5.61. The van der Waals surface area contributed by atoms with Gasteiger partial charge in [0.2, 0.25) is 5.91 Å². The van der Waals surface area contributed by atoms with E-state index in [1.165, 1.54) is 28.4 Å². The van der Waals surface area contributed by atoms with Gasteiger partial charge in [-0.1, -0.05) is 66.2 Å². The number of thiophene rings is 1. The van der Waals surface area contributed by atoms with E-state index in [0.717, 1.165) is 28.3 Å². The number of nitrogens with zero attached hydrogens (tertiary/aromatic N) is 1. The molecule has 5 rings (SSSR count). The Morgan fingerprint density at radius 1 is 0.958 bits per heavy atom. The Kier molecular flexibility index (Phi) is 10.5. The van der Waals surface area contributed by atoms with Gasteiger partial charge in [-0.3, -0.25) is 14.5 Å². The molecule has 0 spiro atoms. The number of nitrogens with one attached hydrogen (secondary N) is 1. The molecule has 1 heterocycles. The highest BCUT2D eigenvalue weighted by Crippen LogP contribution is 2.44. The Bertz CT molecular complexity index is 1740. The second kappa shape index (κ2) is 14.4. The minimum Gasteiger partial charge on any atom is -0.459 e. The average molecular weight is 699 g/mol. The lowest BCUT2D eigenvalue weighted by molar-refractivity contribution is -0.153. The summed E-state index contributed by atoms with van der Waals surface area (Å²) in [7, 11) is 0. The third kappa shape index (κ3) is 8.38. The van der Waals surface area contributed by atoms with E-state index in [1.807, 2.05) is 48.5 Å². The molecule has 7 nitrogen and oxygen atoms in total. The molecule has 0 bridgehead atoms. The van der Waals surface area contributed by atoms with E-state index in [1.54, 1.807) is 37.6 Å². The Morgan fingerprint density at radius 2 is 1.60 bits per heavy atom. The van der Waals surface area contributed by atoms with E-state index in [-0.39, 0.29) is 25.4 Å². The third-order valence-electron chi connectivity index (χ3n) is 7.79. The van der Waals surface area contributed by atoms with E-state index in [0.29, 0.717) is 11.3 Å². The summed E-state index contributed by atoms with van der Waals surface area (Å²) in [6, 6.07) is 19.5. The summed E-state index contributed by atoms with van der Waals surface area (Å²) < 4.78 is 51.0. The van der Waals surface area contributed by atoms with Gasteiger partial charge in [-0.2, -0.15) is 24.5 Å². The number of carbonyl (C=O) groups is 3. The van der Waals surface area contributed by atoms with Crippen molar-refractivity contribution in [2.24, 2.45) is 0 Å². The lowest BCUT2D eigenvalue weighted by Crippen LogP contribution is -2.51. The van der Waals surface area contributed by atoms with Gasteiger partial charge >= 0.3 is 18.2 Å². The Morgan fingerprint density at radius 3 is 2.17 bits per heavy atom. The van der Waals surface area contributed by atoms with Crippen LogP contribution in [0.15, 0.2) is 83.6 Å². The fourth-order valence-electron chi connectivity index (χ4n) is 5.69. The Labute approximate surface area is 285 Å². The summed E-state index contributed by atoms with van der Waals surface area (Å²) in [4.78, 5) is 41.5. The van der Waals surface area contributed by atoms with Gasteiger partial charge < -0.3 is 14.8 Å². The maximum atomic E-state index is 14.1. The van der Waals surface area contributed by atoms with Crippen LogP contribution < -0.4 is 10.2 Å². The van der Waals surface area contributed by atoms with Gasteiger partial charge in [0.1, 0.15) is 24.8 Å². The summed E-state index contributed by atoms with van der Waals surface area (Å²) in [5.74, 6) is -1.50. The van der Waals surface area contributed by atoms with Gasteiger partial charge in [0, 0.05) is 11.3 Å². The quantitative estimate of drug-likeness (QED) is 0.168. The van der Waals surface area contributed by atoms with Gasteiger partial charge in [0.05, 0.1) is 16.3 Å². The second-order valence-electron chi connectivity index (χ2n) is 12.4. The normalized spacial score (nSPS) is 13.3. The molecule has 1 aromatic heterocycles. The highest BCUT2D eigenvalue weighted by atomic mass is 35.5. The van der Waals surface area contributed by atoms with Gasteiger partial charge in [-0.15, -0.1) is 0 Å². The van der Waals surface area contributed by atoms with Crippen LogP contribution in [0.1, 0.15) is 55.4 Å². The molecule has 0 radical (unpaired) electrons. The number of esters is 1. The van der Waals surface area contributed by atoms with Crippen LogP contribution in [0.4, 0.5) is 23.7 Å². The van der Waals surface area contributed by atoms with Crippen LogP contribution in [0, 0.1) is 0 Å². The van der Waals surface area contributed by atoms with Crippen LogP contribution in [-0.2, 0) is 31.7 Å². The van der Waals surface area contributed by atoms with Gasteiger partial charge in [-0.25, -0.2) is 4.79 Å². The van der Waals surface area contributed by atoms with Crippen molar-refractivity contribution in [2.45, 2.75) is 57.3 Å². The largest absolute Gasteiger partial charge is 0.459 e. The van der Waals surface area contributed by atoms with Crippen molar-refractivity contribution in [2.75, 3.05) is 18.1 Å². The molecule has 12 heteroatoms. The van der Waals surface area contributed by atoms with Crippen LogP contribution in [0.2, 0.25) is 5.02 Å². The minimum atomic E-state index is -4.62. The van der Waals surface area contributed by atoms with Crippen LogP contribution in [-0.4, -0.2) is 42.8 Å². The predicted octanol–water partition coefficient (Wildman–Crippen LogP) is 8.64. The molecule has 1 atom stereocenters. The first-order chi connectivity index (χ1) is 22.7. The molecule has 0 fully saturated rings. The van der Waals surface area contributed by atoms with Crippen LogP contribution in [0.25, 0.3) is 11.1 Å². The standard InChI is InChI=1S/C36H34ClF3N2O5S/c1-35(2,3)47-32(43)19-42(23-16-17-48-21-23)33(44)31(15-13-22-12-14-29(30(37)18-22)36(38,39)40)41-34(45)46-20-28-26-10-6-4-8-24(26)25-9-5-7-11-27(25)28/h4-12,14,16-18,21,28,31H,13,15,19-20H2,1-3H3,(H,41,45)/t31-/m0/s1. The van der Waals surface area contributed by atoms with Crippen molar-refractivity contribution < 1.29 is 37.0 Å². The van der Waals surface area contributed by atoms with E-state index in [4.69, 9.17) is 21.1 Å². The highest BCUT2D eigenvalue weighted by Gasteiger charge is 2.34. The molecule has 1 aliphatic rings. The SMILES string of the molecule is CC(C)(C)OC(=O)CN(C(=O)[C@H](CCc1ccc(C(F)(F)F)c(Cl)c1)NC(=O)OCC1c2ccccc2-c2ccccc21)c1ccsc1. The number of ether oxygens (including phenoxy) is 2. The first-order valence-corrected chi connectivity index (χ1v) is 16.6. The molecule has 1 aliphatic carbocycles. The molecule has 0 unspecified atom stereocenters. The summed E-state index contributed by atoms with van der Waals surface area (Å²) in [6.07, 6.45) is -5.42. The Balaban J connectivity index is 1.36. The summed E-state index contributed by atoms with van der Waals surface area (Å²) >= 11 is 7.26. The molecular weight excluding hydrogens is 665 g/mol. The van der Waals surface area contributed by atoms with Crippen LogP contribution >= 0.6 is 22.9 Å². The number of fused-ring (bicyclic) bond motifs is 3. The molecule has 4 aromatic rings. The first-order valence-electron chi connectivity index (χ1n) is 15.2. The van der Waals surface area contributed by atoms with Crippen molar-refractivity contribution in [3.8, 4) is 11.1 Å². The number of benzene rings is 3. The zero-order chi connectivity index (χ0) is 34.6. The molecule has 3 aromatic carbocycles. The highest BCUT2D eigenvalue weighted by molar-refractivity contribution is 7.08. The lowest BCUT2D eigenvalue weighted by atomic mass is 9.98. The lowest BCUT2D eigenvalue weighted by Gasteiger charge is -2.28. The summed E-state index contributed by atoms with van der Waals surface area (Å²) in [5.41, 5.74) is 3.21. The van der Waals surface area contributed by atoms with Gasteiger partial charge in [0.15, 0.2) is 0 Å². The zero-order valence-electron chi connectivity index (χ0n) is 26.5. The smallest absolute Gasteiger partial charge is 0.417 e. The Hall–Kier alpha value is -4.35. The molecule has 2 amide bonds. The molecule has 0 saturated heterocycles. The number of anilines is 1. The van der Waals surface area contributed by atoms with Crippen molar-refractivity contribution in [3.63, 3.8) is 0 Å². The number of aryl methyl sites for hydroxylation is 1. The topological polar surface area (TPSA) is 84.9 Å². The van der Waals surface area contributed by atoms with E-state index in [2.05, 4.69) is 5.32 Å². The predicted molar refractivity (Wildman–Crippen MR) is 179 cm³/mol. The third-order valence-corrected chi connectivity index (χ3v) is 8.77. The molecule has 48 heavy (non-hydrogen) atoms. The number of hydrogen-bond acceptors (Lipinski definition) is 6. The van der Waals surface area contributed by atoms with E-state index < -0.39 is 52.9 Å². The number of halogens is 4. The number of carbonyl (C=O) groups excluding carboxylic acids is 3. The monoisotopic (exact) mass is 698 g/mol. The molecule has 252 valence electrons. The maximum Gasteiger partial charge on any atom is 0.417 e. The number of alkyl carbamates (subject to hydrolysis) is 1. The van der Waals surface area contributed by atoms with Gasteiger partial charge in [-0.05, 0) is 85.0 Å². The van der Waals surface area contributed by atoms with Crippen LogP contribution in [0.5, 0.6) is 0 Å². The van der Waals surface area contributed by atoms with Crippen molar-refractivity contribution in [1.29, 1.82) is 0 Å². The van der Waals surface area contributed by atoms with Crippen molar-refractivity contribution in [3.05, 3.63) is 111 Å². The first kappa shape index (κ1) is 35.0. The maximum absolute atomic E-state index is 14.1.